The zero-order chi connectivity index (χ0) is 13.9. The molecule has 1 fully saturated rings. The fourth-order valence-electron chi connectivity index (χ4n) is 3.02. The maximum absolute atomic E-state index is 11.4. The number of nitrogens with zero attached hydrogens (tertiary/aromatic N) is 2. The Hall–Kier alpha value is -1.62. The molecule has 1 saturated carbocycles. The van der Waals surface area contributed by atoms with Gasteiger partial charge in [-0.15, -0.1) is 0 Å². The van der Waals surface area contributed by atoms with Gasteiger partial charge in [-0.25, -0.2) is 0 Å². The van der Waals surface area contributed by atoms with Gasteiger partial charge in [0.25, 0.3) is 0 Å². The van der Waals surface area contributed by atoms with Crippen LogP contribution in [-0.2, 0) is 11.3 Å². The molecule has 2 aromatic rings. The maximum Gasteiger partial charge on any atom is 0.210 e. The molecule has 0 aliphatic heterocycles. The van der Waals surface area contributed by atoms with E-state index in [-0.39, 0.29) is 0 Å². The molecule has 1 aliphatic carbocycles. The monoisotopic (exact) mass is 289 g/mol. The molecule has 2 atom stereocenters. The first-order valence-corrected chi connectivity index (χ1v) is 7.98. The number of carbonyl (C=O) groups is 1. The Labute approximate surface area is 122 Å². The van der Waals surface area contributed by atoms with Crippen LogP contribution in [0.5, 0.6) is 0 Å². The topological polar surface area (TPSA) is 49.0 Å². The van der Waals surface area contributed by atoms with E-state index in [0.29, 0.717) is 12.6 Å². The number of aromatic nitrogens is 2. The summed E-state index contributed by atoms with van der Waals surface area (Å²) in [6.07, 6.45) is 6.28. The van der Waals surface area contributed by atoms with Gasteiger partial charge in [-0.1, -0.05) is 6.92 Å². The summed E-state index contributed by atoms with van der Waals surface area (Å²) in [5.74, 6) is 0.725. The van der Waals surface area contributed by atoms with Crippen molar-refractivity contribution in [1.82, 2.24) is 15.1 Å². The lowest BCUT2D eigenvalue weighted by atomic mass is 10.1. The summed E-state index contributed by atoms with van der Waals surface area (Å²) in [6, 6.07) is 2.46. The molecule has 0 saturated heterocycles. The number of rotatable bonds is 5. The molecule has 106 valence electrons. The van der Waals surface area contributed by atoms with Gasteiger partial charge in [0.05, 0.1) is 11.9 Å². The van der Waals surface area contributed by atoms with Gasteiger partial charge in [0.2, 0.25) is 6.41 Å². The minimum Gasteiger partial charge on any atom is -0.338 e. The lowest BCUT2D eigenvalue weighted by Crippen LogP contribution is -2.31. The van der Waals surface area contributed by atoms with E-state index < -0.39 is 0 Å². The zero-order valence-corrected chi connectivity index (χ0v) is 12.4. The Balaban J connectivity index is 1.77. The lowest BCUT2D eigenvalue weighted by molar-refractivity contribution is -0.120. The molecular formula is C15H19N3OS. The van der Waals surface area contributed by atoms with E-state index in [0.717, 1.165) is 42.0 Å². The third-order valence-electron chi connectivity index (χ3n) is 4.15. The number of hydrogen-bond donors (Lipinski definition) is 1. The summed E-state index contributed by atoms with van der Waals surface area (Å²) in [7, 11) is 0. The number of aromatic amines is 1. The van der Waals surface area contributed by atoms with E-state index in [1.54, 1.807) is 11.3 Å². The Bertz CT molecular complexity index is 563. The van der Waals surface area contributed by atoms with Crippen LogP contribution >= 0.6 is 11.3 Å². The normalized spacial score (nSPS) is 22.1. The standard InChI is InChI=1S/C15H19N3OS/c1-11-2-3-14(6-11)18(10-19)8-13-7-16-17-15(13)12-4-5-20-9-12/h4-5,7,9-11,14H,2-3,6,8H2,1H3,(H,16,17). The zero-order valence-electron chi connectivity index (χ0n) is 11.6. The van der Waals surface area contributed by atoms with E-state index in [1.807, 2.05) is 11.1 Å². The fraction of sp³-hybridized carbons (Fsp3) is 0.467. The molecule has 0 spiro atoms. The van der Waals surface area contributed by atoms with Gasteiger partial charge in [-0.2, -0.15) is 16.4 Å². The van der Waals surface area contributed by atoms with Crippen molar-refractivity contribution in [2.75, 3.05) is 0 Å². The molecule has 2 unspecified atom stereocenters. The first kappa shape index (κ1) is 13.4. The second-order valence-electron chi connectivity index (χ2n) is 5.63. The van der Waals surface area contributed by atoms with Gasteiger partial charge in [-0.3, -0.25) is 9.89 Å². The van der Waals surface area contributed by atoms with Crippen molar-refractivity contribution in [2.45, 2.75) is 38.8 Å². The van der Waals surface area contributed by atoms with Crippen LogP contribution in [-0.4, -0.2) is 27.5 Å². The number of carbonyl (C=O) groups excluding carboxylic acids is 1. The Morgan fingerprint density at radius 3 is 3.10 bits per heavy atom. The summed E-state index contributed by atoms with van der Waals surface area (Å²) in [4.78, 5) is 13.4. The van der Waals surface area contributed by atoms with Crippen molar-refractivity contribution in [1.29, 1.82) is 0 Å². The predicted molar refractivity (Wildman–Crippen MR) is 80.3 cm³/mol. The second kappa shape index (κ2) is 5.79. The van der Waals surface area contributed by atoms with E-state index in [9.17, 15) is 4.79 Å². The van der Waals surface area contributed by atoms with Crippen LogP contribution in [0.4, 0.5) is 0 Å². The molecule has 2 aromatic heterocycles. The summed E-state index contributed by atoms with van der Waals surface area (Å²) in [5, 5.41) is 11.3. The first-order chi connectivity index (χ1) is 9.78. The third-order valence-corrected chi connectivity index (χ3v) is 4.84. The van der Waals surface area contributed by atoms with Crippen LogP contribution in [0.15, 0.2) is 23.0 Å². The van der Waals surface area contributed by atoms with Gasteiger partial charge in [0, 0.05) is 29.1 Å². The van der Waals surface area contributed by atoms with E-state index in [2.05, 4.69) is 33.9 Å². The highest BCUT2D eigenvalue weighted by molar-refractivity contribution is 7.08. The quantitative estimate of drug-likeness (QED) is 0.859. The highest BCUT2D eigenvalue weighted by atomic mass is 32.1. The molecule has 1 aliphatic rings. The summed E-state index contributed by atoms with van der Waals surface area (Å²) in [6.45, 7) is 2.90. The van der Waals surface area contributed by atoms with Crippen LogP contribution in [0.1, 0.15) is 31.7 Å². The van der Waals surface area contributed by atoms with Crippen LogP contribution in [0.3, 0.4) is 0 Å². The van der Waals surface area contributed by atoms with Crippen LogP contribution < -0.4 is 0 Å². The van der Waals surface area contributed by atoms with Crippen molar-refractivity contribution >= 4 is 17.7 Å². The number of H-pyrrole nitrogens is 1. The van der Waals surface area contributed by atoms with Crippen LogP contribution in [0.25, 0.3) is 11.3 Å². The Kier molecular flexibility index (Phi) is 3.87. The predicted octanol–water partition coefficient (Wildman–Crippen LogP) is 3.29. The van der Waals surface area contributed by atoms with Gasteiger partial charge in [0.1, 0.15) is 0 Å². The SMILES string of the molecule is CC1CCC(N(C=O)Cc2cn[nH]c2-c2ccsc2)C1. The molecule has 0 aromatic carbocycles. The Morgan fingerprint density at radius 2 is 2.45 bits per heavy atom. The Morgan fingerprint density at radius 1 is 1.55 bits per heavy atom. The molecule has 5 heteroatoms. The van der Waals surface area contributed by atoms with Crippen LogP contribution in [0.2, 0.25) is 0 Å². The number of hydrogen-bond acceptors (Lipinski definition) is 3. The van der Waals surface area contributed by atoms with Crippen LogP contribution in [0, 0.1) is 5.92 Å². The van der Waals surface area contributed by atoms with Crippen molar-refractivity contribution < 1.29 is 4.79 Å². The van der Waals surface area contributed by atoms with E-state index >= 15 is 0 Å². The molecule has 0 bridgehead atoms. The lowest BCUT2D eigenvalue weighted by Gasteiger charge is -2.24. The molecule has 1 N–H and O–H groups in total. The molecule has 4 nitrogen and oxygen atoms in total. The highest BCUT2D eigenvalue weighted by Gasteiger charge is 2.26. The van der Waals surface area contributed by atoms with Crippen molar-refractivity contribution in [3.8, 4) is 11.3 Å². The van der Waals surface area contributed by atoms with Gasteiger partial charge in [0.15, 0.2) is 0 Å². The van der Waals surface area contributed by atoms with Gasteiger partial charge < -0.3 is 4.90 Å². The average molecular weight is 289 g/mol. The molecular weight excluding hydrogens is 270 g/mol. The minimum atomic E-state index is 0.382. The molecule has 0 radical (unpaired) electrons. The van der Waals surface area contributed by atoms with Gasteiger partial charge >= 0.3 is 0 Å². The van der Waals surface area contributed by atoms with E-state index in [1.165, 1.54) is 6.42 Å². The van der Waals surface area contributed by atoms with Gasteiger partial charge in [-0.05, 0) is 36.6 Å². The molecule has 1 amide bonds. The molecule has 20 heavy (non-hydrogen) atoms. The number of thiophene rings is 1. The summed E-state index contributed by atoms with van der Waals surface area (Å²) >= 11 is 1.67. The third kappa shape index (κ3) is 2.63. The summed E-state index contributed by atoms with van der Waals surface area (Å²) in [5.41, 5.74) is 3.27. The average Bonchev–Trinajstić information content (AvgIpc) is 3.16. The maximum atomic E-state index is 11.4. The smallest absolute Gasteiger partial charge is 0.210 e. The van der Waals surface area contributed by atoms with E-state index in [4.69, 9.17) is 0 Å². The number of amides is 1. The van der Waals surface area contributed by atoms with Crippen molar-refractivity contribution in [3.63, 3.8) is 0 Å². The molecule has 2 heterocycles. The highest BCUT2D eigenvalue weighted by Crippen LogP contribution is 2.30. The first-order valence-electron chi connectivity index (χ1n) is 7.03. The molecule has 3 rings (SSSR count). The van der Waals surface area contributed by atoms with Crippen molar-refractivity contribution in [2.24, 2.45) is 5.92 Å². The largest absolute Gasteiger partial charge is 0.338 e. The fourth-order valence-corrected chi connectivity index (χ4v) is 3.66. The minimum absolute atomic E-state index is 0.382. The van der Waals surface area contributed by atoms with Crippen molar-refractivity contribution in [3.05, 3.63) is 28.6 Å². The second-order valence-corrected chi connectivity index (χ2v) is 6.41. The summed E-state index contributed by atoms with van der Waals surface area (Å²) < 4.78 is 0. The number of nitrogens with one attached hydrogen (secondary N) is 1.